The zero-order valence-corrected chi connectivity index (χ0v) is 12.2. The van der Waals surface area contributed by atoms with Gasteiger partial charge in [0.15, 0.2) is 0 Å². The molecule has 8 heteroatoms. The molecule has 0 spiro atoms. The van der Waals surface area contributed by atoms with Gasteiger partial charge >= 0.3 is 5.97 Å². The molecule has 1 aromatic rings. The van der Waals surface area contributed by atoms with Crippen molar-refractivity contribution < 1.29 is 23.4 Å². The number of nitrogens with one attached hydrogen (secondary N) is 1. The van der Waals surface area contributed by atoms with Gasteiger partial charge in [0, 0.05) is 6.54 Å². The first-order valence-electron chi connectivity index (χ1n) is 6.06. The highest BCUT2D eigenvalue weighted by Crippen LogP contribution is 2.13. The van der Waals surface area contributed by atoms with E-state index < -0.39 is 34.6 Å². The molecule has 114 valence electrons. The summed E-state index contributed by atoms with van der Waals surface area (Å²) in [5, 5.41) is 26.9. The van der Waals surface area contributed by atoms with E-state index in [9.17, 15) is 18.3 Å². The van der Waals surface area contributed by atoms with Crippen LogP contribution in [-0.4, -0.2) is 36.7 Å². The van der Waals surface area contributed by atoms with Crippen molar-refractivity contribution in [3.05, 3.63) is 29.8 Å². The van der Waals surface area contributed by atoms with Crippen LogP contribution in [0.25, 0.3) is 0 Å². The summed E-state index contributed by atoms with van der Waals surface area (Å²) in [6.45, 7) is 0.821. The lowest BCUT2D eigenvalue weighted by molar-refractivity contribution is -0.141. The SMILES string of the molecule is CC(O)(CNS(=O)(=O)c1ccc(CC#N)cc1)CC(=O)O. The molecule has 0 saturated carbocycles. The Morgan fingerprint density at radius 1 is 1.38 bits per heavy atom. The van der Waals surface area contributed by atoms with Crippen LogP contribution in [0.1, 0.15) is 18.9 Å². The topological polar surface area (TPSA) is 127 Å². The molecule has 0 aliphatic heterocycles. The highest BCUT2D eigenvalue weighted by Gasteiger charge is 2.26. The molecular weight excluding hydrogens is 296 g/mol. The fourth-order valence-electron chi connectivity index (χ4n) is 1.60. The average Bonchev–Trinajstić information content (AvgIpc) is 2.36. The summed E-state index contributed by atoms with van der Waals surface area (Å²) in [5.74, 6) is -1.22. The number of aliphatic carboxylic acids is 1. The molecule has 0 fully saturated rings. The number of carbonyl (C=O) groups is 1. The van der Waals surface area contributed by atoms with Gasteiger partial charge in [0.2, 0.25) is 10.0 Å². The van der Waals surface area contributed by atoms with Crippen LogP contribution in [0.2, 0.25) is 0 Å². The molecule has 0 radical (unpaired) electrons. The van der Waals surface area contributed by atoms with Crippen molar-refractivity contribution in [3.63, 3.8) is 0 Å². The van der Waals surface area contributed by atoms with E-state index in [2.05, 4.69) is 4.72 Å². The number of hydrogen-bond acceptors (Lipinski definition) is 5. The van der Waals surface area contributed by atoms with Crippen molar-refractivity contribution >= 4 is 16.0 Å². The maximum atomic E-state index is 12.0. The van der Waals surface area contributed by atoms with Crippen LogP contribution in [-0.2, 0) is 21.2 Å². The maximum absolute atomic E-state index is 12.0. The first-order chi connectivity index (χ1) is 9.66. The molecule has 3 N–H and O–H groups in total. The summed E-state index contributed by atoms with van der Waals surface area (Å²) in [7, 11) is -3.85. The van der Waals surface area contributed by atoms with Gasteiger partial charge in [-0.2, -0.15) is 5.26 Å². The molecule has 0 bridgehead atoms. The van der Waals surface area contributed by atoms with E-state index in [1.165, 1.54) is 31.2 Å². The Morgan fingerprint density at radius 3 is 2.43 bits per heavy atom. The van der Waals surface area contributed by atoms with Crippen molar-refractivity contribution in [1.82, 2.24) is 4.72 Å². The molecular formula is C13H16N2O5S. The molecule has 7 nitrogen and oxygen atoms in total. The van der Waals surface area contributed by atoms with Gasteiger partial charge in [0.25, 0.3) is 0 Å². The zero-order valence-electron chi connectivity index (χ0n) is 11.4. The molecule has 0 amide bonds. The molecule has 0 aliphatic rings. The third-order valence-corrected chi connectivity index (χ3v) is 4.11. The standard InChI is InChI=1S/C13H16N2O5S/c1-13(18,8-12(16)17)9-15-21(19,20)11-4-2-10(3-5-11)6-7-14/h2-5,15,18H,6,8-9H2,1H3,(H,16,17). The molecule has 0 saturated heterocycles. The lowest BCUT2D eigenvalue weighted by Gasteiger charge is -2.21. The molecule has 1 unspecified atom stereocenters. The number of nitrogens with zero attached hydrogens (tertiary/aromatic N) is 1. The van der Waals surface area contributed by atoms with Crippen LogP contribution in [0.15, 0.2) is 29.2 Å². The fourth-order valence-corrected chi connectivity index (χ4v) is 2.76. The smallest absolute Gasteiger partial charge is 0.306 e. The van der Waals surface area contributed by atoms with Gasteiger partial charge in [-0.3, -0.25) is 4.79 Å². The lowest BCUT2D eigenvalue weighted by atomic mass is 10.0. The summed E-state index contributed by atoms with van der Waals surface area (Å²) < 4.78 is 26.2. The first-order valence-corrected chi connectivity index (χ1v) is 7.54. The number of carboxylic acids is 1. The minimum Gasteiger partial charge on any atom is -0.481 e. The Morgan fingerprint density at radius 2 is 1.95 bits per heavy atom. The predicted octanol–water partition coefficient (Wildman–Crippen LogP) is 0.257. The third kappa shape index (κ3) is 5.51. The Bertz CT molecular complexity index is 644. The Kier molecular flexibility index (Phi) is 5.43. The van der Waals surface area contributed by atoms with E-state index in [0.717, 1.165) is 0 Å². The van der Waals surface area contributed by atoms with E-state index in [0.29, 0.717) is 5.56 Å². The summed E-state index contributed by atoms with van der Waals surface area (Å²) >= 11 is 0. The predicted molar refractivity (Wildman–Crippen MR) is 73.8 cm³/mol. The number of aliphatic hydroxyl groups is 1. The third-order valence-electron chi connectivity index (χ3n) is 2.69. The average molecular weight is 312 g/mol. The molecule has 1 rings (SSSR count). The molecule has 0 aliphatic carbocycles. The first kappa shape index (κ1) is 17.1. The second-order valence-electron chi connectivity index (χ2n) is 4.87. The second kappa shape index (κ2) is 6.67. The van der Waals surface area contributed by atoms with Gasteiger partial charge in [0.05, 0.1) is 29.4 Å². The quantitative estimate of drug-likeness (QED) is 0.662. The van der Waals surface area contributed by atoms with Crippen LogP contribution < -0.4 is 4.72 Å². The highest BCUT2D eigenvalue weighted by molar-refractivity contribution is 7.89. The summed E-state index contributed by atoms with van der Waals surface area (Å²) in [6, 6.07) is 7.69. The van der Waals surface area contributed by atoms with E-state index in [4.69, 9.17) is 10.4 Å². The Hall–Kier alpha value is -1.95. The minimum atomic E-state index is -3.85. The van der Waals surface area contributed by atoms with Crippen LogP contribution >= 0.6 is 0 Å². The molecule has 0 aromatic heterocycles. The van der Waals surface area contributed by atoms with E-state index in [1.807, 2.05) is 6.07 Å². The van der Waals surface area contributed by atoms with Crippen LogP contribution in [0.5, 0.6) is 0 Å². The van der Waals surface area contributed by atoms with Crippen molar-refractivity contribution in [1.29, 1.82) is 5.26 Å². The molecule has 1 atom stereocenters. The minimum absolute atomic E-state index is 0.0182. The molecule has 21 heavy (non-hydrogen) atoms. The number of carboxylic acid groups (broad SMARTS) is 1. The number of rotatable bonds is 7. The highest BCUT2D eigenvalue weighted by atomic mass is 32.2. The number of hydrogen-bond donors (Lipinski definition) is 3. The van der Waals surface area contributed by atoms with Gasteiger partial charge in [-0.1, -0.05) is 12.1 Å². The number of sulfonamides is 1. The normalized spacial score (nSPS) is 14.1. The van der Waals surface area contributed by atoms with Crippen molar-refractivity contribution in [2.75, 3.05) is 6.54 Å². The Balaban J connectivity index is 2.78. The van der Waals surface area contributed by atoms with Gasteiger partial charge in [-0.15, -0.1) is 0 Å². The van der Waals surface area contributed by atoms with E-state index in [-0.39, 0.29) is 11.3 Å². The van der Waals surface area contributed by atoms with Crippen molar-refractivity contribution in [2.45, 2.75) is 30.3 Å². The van der Waals surface area contributed by atoms with E-state index >= 15 is 0 Å². The van der Waals surface area contributed by atoms with Gasteiger partial charge in [-0.05, 0) is 24.6 Å². The van der Waals surface area contributed by atoms with Gasteiger partial charge in [-0.25, -0.2) is 13.1 Å². The van der Waals surface area contributed by atoms with Gasteiger partial charge < -0.3 is 10.2 Å². The van der Waals surface area contributed by atoms with Crippen molar-refractivity contribution in [2.24, 2.45) is 0 Å². The number of benzene rings is 1. The van der Waals surface area contributed by atoms with E-state index in [1.54, 1.807) is 0 Å². The Labute approximate surface area is 122 Å². The number of nitriles is 1. The van der Waals surface area contributed by atoms with Crippen molar-refractivity contribution in [3.8, 4) is 6.07 Å². The summed E-state index contributed by atoms with van der Waals surface area (Å²) in [6.07, 6.45) is -0.391. The lowest BCUT2D eigenvalue weighted by Crippen LogP contribution is -2.42. The van der Waals surface area contributed by atoms with Crippen LogP contribution in [0.3, 0.4) is 0 Å². The monoisotopic (exact) mass is 312 g/mol. The molecule has 1 aromatic carbocycles. The molecule has 0 heterocycles. The summed E-state index contributed by atoms with van der Waals surface area (Å²) in [4.78, 5) is 10.5. The second-order valence-corrected chi connectivity index (χ2v) is 6.64. The summed E-state index contributed by atoms with van der Waals surface area (Å²) in [5.41, 5.74) is -0.992. The maximum Gasteiger partial charge on any atom is 0.306 e. The van der Waals surface area contributed by atoms with Crippen LogP contribution in [0.4, 0.5) is 0 Å². The van der Waals surface area contributed by atoms with Gasteiger partial charge in [0.1, 0.15) is 0 Å². The fraction of sp³-hybridized carbons (Fsp3) is 0.385. The largest absolute Gasteiger partial charge is 0.481 e. The van der Waals surface area contributed by atoms with Crippen LogP contribution in [0, 0.1) is 11.3 Å². The zero-order chi connectivity index (χ0) is 16.1.